The Labute approximate surface area is 137 Å². The fourth-order valence-electron chi connectivity index (χ4n) is 3.17. The number of rotatable bonds is 13. The zero-order valence-corrected chi connectivity index (χ0v) is 15.4. The van der Waals surface area contributed by atoms with Crippen LogP contribution in [0.25, 0.3) is 0 Å². The third-order valence-corrected chi connectivity index (χ3v) is 4.90. The predicted molar refractivity (Wildman–Crippen MR) is 95.2 cm³/mol. The first-order valence-corrected chi connectivity index (χ1v) is 9.57. The van der Waals surface area contributed by atoms with Gasteiger partial charge in [0.15, 0.2) is 0 Å². The standard InChI is InChI=1S/C19H37N3/c1-5-8-10-12-14-16-19(4,15-13-11-9-6-2)18-17-22(7-3)21-20-18/h17H,5-16H2,1-4H3. The second-order valence-electron chi connectivity index (χ2n) is 7.00. The maximum Gasteiger partial charge on any atom is 0.0885 e. The van der Waals surface area contributed by atoms with E-state index in [0.29, 0.717) is 0 Å². The molecule has 1 heterocycles. The smallest absolute Gasteiger partial charge is 0.0885 e. The van der Waals surface area contributed by atoms with Gasteiger partial charge in [-0.25, -0.2) is 0 Å². The van der Waals surface area contributed by atoms with Crippen molar-refractivity contribution >= 4 is 0 Å². The van der Waals surface area contributed by atoms with Crippen LogP contribution in [0.2, 0.25) is 0 Å². The van der Waals surface area contributed by atoms with Crippen molar-refractivity contribution < 1.29 is 0 Å². The number of aromatic nitrogens is 3. The van der Waals surface area contributed by atoms with Crippen LogP contribution in [0.1, 0.15) is 104 Å². The average Bonchev–Trinajstić information content (AvgIpc) is 3.01. The maximum atomic E-state index is 4.49. The van der Waals surface area contributed by atoms with Gasteiger partial charge in [-0.2, -0.15) is 0 Å². The van der Waals surface area contributed by atoms with E-state index in [4.69, 9.17) is 0 Å². The molecule has 0 radical (unpaired) electrons. The van der Waals surface area contributed by atoms with Gasteiger partial charge >= 0.3 is 0 Å². The molecule has 128 valence electrons. The predicted octanol–water partition coefficient (Wildman–Crippen LogP) is 5.89. The molecule has 0 N–H and O–H groups in total. The summed E-state index contributed by atoms with van der Waals surface area (Å²) in [5.41, 5.74) is 1.43. The van der Waals surface area contributed by atoms with E-state index in [-0.39, 0.29) is 5.41 Å². The van der Waals surface area contributed by atoms with E-state index in [2.05, 4.69) is 44.2 Å². The van der Waals surface area contributed by atoms with Gasteiger partial charge in [0.05, 0.1) is 5.69 Å². The molecule has 1 rings (SSSR count). The van der Waals surface area contributed by atoms with Crippen LogP contribution in [0.5, 0.6) is 0 Å². The topological polar surface area (TPSA) is 30.7 Å². The molecule has 0 aromatic carbocycles. The molecule has 0 fully saturated rings. The second kappa shape index (κ2) is 10.8. The minimum Gasteiger partial charge on any atom is -0.253 e. The first kappa shape index (κ1) is 19.2. The average molecular weight is 308 g/mol. The zero-order valence-electron chi connectivity index (χ0n) is 15.4. The molecular formula is C19H37N3. The molecule has 0 aliphatic carbocycles. The Morgan fingerprint density at radius 3 is 1.91 bits per heavy atom. The summed E-state index contributed by atoms with van der Waals surface area (Å²) in [6.45, 7) is 10.0. The van der Waals surface area contributed by atoms with Gasteiger partial charge in [-0.05, 0) is 19.8 Å². The van der Waals surface area contributed by atoms with E-state index in [1.165, 1.54) is 76.3 Å². The molecule has 0 bridgehead atoms. The number of hydrogen-bond acceptors (Lipinski definition) is 2. The molecule has 1 unspecified atom stereocenters. The van der Waals surface area contributed by atoms with Crippen LogP contribution in [-0.2, 0) is 12.0 Å². The third-order valence-electron chi connectivity index (χ3n) is 4.90. The minimum atomic E-state index is 0.216. The van der Waals surface area contributed by atoms with Gasteiger partial charge in [0, 0.05) is 18.2 Å². The van der Waals surface area contributed by atoms with E-state index in [1.54, 1.807) is 0 Å². The van der Waals surface area contributed by atoms with Crippen molar-refractivity contribution in [2.45, 2.75) is 110 Å². The van der Waals surface area contributed by atoms with Gasteiger partial charge in [0.25, 0.3) is 0 Å². The summed E-state index contributed by atoms with van der Waals surface area (Å²) in [5.74, 6) is 0. The SMILES string of the molecule is CCCCCCCC(C)(CCCCCC)c1cn(CC)nn1. The molecular weight excluding hydrogens is 270 g/mol. The third kappa shape index (κ3) is 6.50. The molecule has 0 aliphatic rings. The summed E-state index contributed by atoms with van der Waals surface area (Å²) in [4.78, 5) is 0. The summed E-state index contributed by atoms with van der Waals surface area (Å²) in [7, 11) is 0. The Balaban J connectivity index is 2.58. The fraction of sp³-hybridized carbons (Fsp3) is 0.895. The highest BCUT2D eigenvalue weighted by molar-refractivity contribution is 5.10. The highest BCUT2D eigenvalue weighted by atomic mass is 15.4. The number of hydrogen-bond donors (Lipinski definition) is 0. The Bertz CT molecular complexity index is 386. The summed E-state index contributed by atoms with van der Waals surface area (Å²) < 4.78 is 1.97. The van der Waals surface area contributed by atoms with Crippen molar-refractivity contribution in [1.29, 1.82) is 0 Å². The molecule has 22 heavy (non-hydrogen) atoms. The van der Waals surface area contributed by atoms with Crippen molar-refractivity contribution in [2.75, 3.05) is 0 Å². The fourth-order valence-corrected chi connectivity index (χ4v) is 3.17. The van der Waals surface area contributed by atoms with Gasteiger partial charge < -0.3 is 0 Å². The Morgan fingerprint density at radius 2 is 1.41 bits per heavy atom. The lowest BCUT2D eigenvalue weighted by Crippen LogP contribution is -2.23. The van der Waals surface area contributed by atoms with Gasteiger partial charge in [-0.3, -0.25) is 4.68 Å². The number of aryl methyl sites for hydroxylation is 1. The molecule has 0 spiro atoms. The summed E-state index contributed by atoms with van der Waals surface area (Å²) in [6.07, 6.45) is 16.8. The monoisotopic (exact) mass is 307 g/mol. The molecule has 1 aromatic heterocycles. The Kier molecular flexibility index (Phi) is 9.42. The van der Waals surface area contributed by atoms with E-state index >= 15 is 0 Å². The van der Waals surface area contributed by atoms with Crippen LogP contribution in [0.3, 0.4) is 0 Å². The molecule has 0 saturated carbocycles. The minimum absolute atomic E-state index is 0.216. The van der Waals surface area contributed by atoms with Crippen LogP contribution in [0, 0.1) is 0 Å². The summed E-state index contributed by atoms with van der Waals surface area (Å²) in [6, 6.07) is 0. The van der Waals surface area contributed by atoms with Crippen LogP contribution in [-0.4, -0.2) is 15.0 Å². The summed E-state index contributed by atoms with van der Waals surface area (Å²) in [5, 5.41) is 8.76. The van der Waals surface area contributed by atoms with Crippen LogP contribution in [0.4, 0.5) is 0 Å². The lowest BCUT2D eigenvalue weighted by atomic mass is 9.77. The van der Waals surface area contributed by atoms with E-state index in [0.717, 1.165) is 6.54 Å². The van der Waals surface area contributed by atoms with Crippen molar-refractivity contribution in [3.05, 3.63) is 11.9 Å². The molecule has 1 aromatic rings. The van der Waals surface area contributed by atoms with Crippen LogP contribution < -0.4 is 0 Å². The first-order valence-electron chi connectivity index (χ1n) is 9.57. The van der Waals surface area contributed by atoms with Gasteiger partial charge in [-0.1, -0.05) is 83.8 Å². The van der Waals surface area contributed by atoms with Crippen molar-refractivity contribution in [1.82, 2.24) is 15.0 Å². The van der Waals surface area contributed by atoms with Gasteiger partial charge in [0.2, 0.25) is 0 Å². The number of unbranched alkanes of at least 4 members (excludes halogenated alkanes) is 7. The Hall–Kier alpha value is -0.860. The Morgan fingerprint density at radius 1 is 0.864 bits per heavy atom. The van der Waals surface area contributed by atoms with Crippen molar-refractivity contribution in [3.8, 4) is 0 Å². The molecule has 1 atom stereocenters. The van der Waals surface area contributed by atoms with Crippen LogP contribution >= 0.6 is 0 Å². The normalized spacial score (nSPS) is 14.2. The first-order chi connectivity index (χ1) is 10.7. The highest BCUT2D eigenvalue weighted by Gasteiger charge is 2.28. The summed E-state index contributed by atoms with van der Waals surface area (Å²) >= 11 is 0. The van der Waals surface area contributed by atoms with E-state index < -0.39 is 0 Å². The highest BCUT2D eigenvalue weighted by Crippen LogP contribution is 2.34. The van der Waals surface area contributed by atoms with E-state index in [1.807, 2.05) is 4.68 Å². The largest absolute Gasteiger partial charge is 0.253 e. The molecule has 0 saturated heterocycles. The van der Waals surface area contributed by atoms with Crippen molar-refractivity contribution in [3.63, 3.8) is 0 Å². The van der Waals surface area contributed by atoms with Gasteiger partial charge in [0.1, 0.15) is 0 Å². The van der Waals surface area contributed by atoms with Crippen molar-refractivity contribution in [2.24, 2.45) is 0 Å². The molecule has 3 heteroatoms. The van der Waals surface area contributed by atoms with E-state index in [9.17, 15) is 0 Å². The quantitative estimate of drug-likeness (QED) is 0.426. The second-order valence-corrected chi connectivity index (χ2v) is 7.00. The molecule has 0 amide bonds. The lowest BCUT2D eigenvalue weighted by molar-refractivity contribution is 0.354. The van der Waals surface area contributed by atoms with Crippen LogP contribution in [0.15, 0.2) is 6.20 Å². The molecule has 3 nitrogen and oxygen atoms in total. The lowest BCUT2D eigenvalue weighted by Gasteiger charge is -2.27. The van der Waals surface area contributed by atoms with Gasteiger partial charge in [-0.15, -0.1) is 5.10 Å². The zero-order chi connectivity index (χ0) is 16.3. The maximum absolute atomic E-state index is 4.49. The molecule has 0 aliphatic heterocycles. The number of nitrogens with zero attached hydrogens (tertiary/aromatic N) is 3.